The fraction of sp³-hybridized carbons (Fsp3) is 1.00. The zero-order valence-electron chi connectivity index (χ0n) is 10.9. The maximum absolute atomic E-state index is 9.52. The predicted molar refractivity (Wildman–Crippen MR) is 65.1 cm³/mol. The van der Waals surface area contributed by atoms with Crippen molar-refractivity contribution in [3.8, 4) is 0 Å². The maximum Gasteiger partial charge on any atom is 0.0774 e. The Labute approximate surface area is 104 Å². The molecular formula is C12H26O5. The second-order valence-corrected chi connectivity index (χ2v) is 4.12. The zero-order chi connectivity index (χ0) is 12.9. The van der Waals surface area contributed by atoms with Crippen LogP contribution in [0.4, 0.5) is 0 Å². The number of aliphatic hydroxyl groups excluding tert-OH is 2. The van der Waals surface area contributed by atoms with Crippen molar-refractivity contribution >= 4 is 0 Å². The van der Waals surface area contributed by atoms with Crippen molar-refractivity contribution in [2.24, 2.45) is 0 Å². The average Bonchev–Trinajstić information content (AvgIpc) is 2.29. The second kappa shape index (κ2) is 12.3. The Bertz CT molecular complexity index is 154. The summed E-state index contributed by atoms with van der Waals surface area (Å²) < 4.78 is 15.0. The van der Waals surface area contributed by atoms with E-state index in [2.05, 4.69) is 0 Å². The molecule has 5 nitrogen and oxygen atoms in total. The lowest BCUT2D eigenvalue weighted by Gasteiger charge is -2.12. The van der Waals surface area contributed by atoms with Gasteiger partial charge in [-0.05, 0) is 25.7 Å². The maximum atomic E-state index is 9.52. The highest BCUT2D eigenvalue weighted by Crippen LogP contribution is 2.01. The third kappa shape index (κ3) is 12.1. The molecule has 2 unspecified atom stereocenters. The van der Waals surface area contributed by atoms with Gasteiger partial charge in [0.05, 0.1) is 25.4 Å². The molecule has 2 atom stereocenters. The molecule has 0 saturated heterocycles. The second-order valence-electron chi connectivity index (χ2n) is 4.12. The molecule has 5 heteroatoms. The summed E-state index contributed by atoms with van der Waals surface area (Å²) >= 11 is 0. The normalized spacial score (nSPS) is 14.8. The van der Waals surface area contributed by atoms with Crippen LogP contribution in [0.25, 0.3) is 0 Å². The Morgan fingerprint density at radius 3 is 2.00 bits per heavy atom. The molecule has 0 fully saturated rings. The Morgan fingerprint density at radius 2 is 1.41 bits per heavy atom. The fourth-order valence-corrected chi connectivity index (χ4v) is 1.46. The van der Waals surface area contributed by atoms with Gasteiger partial charge in [0.25, 0.3) is 0 Å². The SMILES string of the molecule is COCCCC(O)COCCCC(O)COC. The minimum Gasteiger partial charge on any atom is -0.391 e. The van der Waals surface area contributed by atoms with E-state index in [1.807, 2.05) is 0 Å². The van der Waals surface area contributed by atoms with Crippen LogP contribution in [0.5, 0.6) is 0 Å². The van der Waals surface area contributed by atoms with Crippen molar-refractivity contribution in [1.29, 1.82) is 0 Å². The molecule has 0 radical (unpaired) electrons. The third-order valence-corrected chi connectivity index (χ3v) is 2.38. The molecule has 0 aliphatic heterocycles. The van der Waals surface area contributed by atoms with E-state index in [0.29, 0.717) is 39.3 Å². The van der Waals surface area contributed by atoms with Gasteiger partial charge in [-0.15, -0.1) is 0 Å². The molecule has 0 aromatic carbocycles. The molecule has 0 rings (SSSR count). The highest BCUT2D eigenvalue weighted by Gasteiger charge is 2.05. The van der Waals surface area contributed by atoms with Gasteiger partial charge in [-0.25, -0.2) is 0 Å². The first kappa shape index (κ1) is 16.8. The first-order chi connectivity index (χ1) is 8.20. The van der Waals surface area contributed by atoms with Gasteiger partial charge in [0, 0.05) is 27.4 Å². The lowest BCUT2D eigenvalue weighted by molar-refractivity contribution is 0.0169. The number of hydrogen-bond acceptors (Lipinski definition) is 5. The van der Waals surface area contributed by atoms with Gasteiger partial charge in [-0.1, -0.05) is 0 Å². The van der Waals surface area contributed by atoms with Crippen LogP contribution in [-0.2, 0) is 14.2 Å². The van der Waals surface area contributed by atoms with Crippen molar-refractivity contribution in [2.75, 3.05) is 40.6 Å². The number of aliphatic hydroxyl groups is 2. The highest BCUT2D eigenvalue weighted by molar-refractivity contribution is 4.55. The van der Waals surface area contributed by atoms with Crippen molar-refractivity contribution in [2.45, 2.75) is 37.9 Å². The van der Waals surface area contributed by atoms with Gasteiger partial charge in [0.2, 0.25) is 0 Å². The summed E-state index contributed by atoms with van der Waals surface area (Å²) in [5, 5.41) is 18.9. The van der Waals surface area contributed by atoms with Crippen molar-refractivity contribution in [1.82, 2.24) is 0 Å². The van der Waals surface area contributed by atoms with Gasteiger partial charge >= 0.3 is 0 Å². The summed E-state index contributed by atoms with van der Waals surface area (Å²) in [6.07, 6.45) is 2.13. The van der Waals surface area contributed by atoms with Crippen molar-refractivity contribution in [3.05, 3.63) is 0 Å². The largest absolute Gasteiger partial charge is 0.391 e. The molecule has 0 spiro atoms. The van der Waals surface area contributed by atoms with Crippen LogP contribution in [-0.4, -0.2) is 63.1 Å². The van der Waals surface area contributed by atoms with E-state index in [4.69, 9.17) is 14.2 Å². The summed E-state index contributed by atoms with van der Waals surface area (Å²) in [5.41, 5.74) is 0. The average molecular weight is 250 g/mol. The molecule has 0 bridgehead atoms. The van der Waals surface area contributed by atoms with E-state index < -0.39 is 12.2 Å². The van der Waals surface area contributed by atoms with Crippen LogP contribution in [0.15, 0.2) is 0 Å². The van der Waals surface area contributed by atoms with Crippen LogP contribution < -0.4 is 0 Å². The monoisotopic (exact) mass is 250 g/mol. The number of ether oxygens (including phenoxy) is 3. The summed E-state index contributed by atoms with van der Waals surface area (Å²) in [6, 6.07) is 0. The Morgan fingerprint density at radius 1 is 0.824 bits per heavy atom. The molecular weight excluding hydrogens is 224 g/mol. The first-order valence-corrected chi connectivity index (χ1v) is 6.12. The van der Waals surface area contributed by atoms with E-state index in [0.717, 1.165) is 12.8 Å². The van der Waals surface area contributed by atoms with E-state index in [9.17, 15) is 10.2 Å². The highest BCUT2D eigenvalue weighted by atomic mass is 16.5. The Kier molecular flexibility index (Phi) is 12.1. The molecule has 0 amide bonds. The molecule has 0 aliphatic carbocycles. The van der Waals surface area contributed by atoms with E-state index >= 15 is 0 Å². The lowest BCUT2D eigenvalue weighted by atomic mass is 10.2. The minimum absolute atomic E-state index is 0.351. The predicted octanol–water partition coefficient (Wildman–Crippen LogP) is 0.578. The quantitative estimate of drug-likeness (QED) is 0.496. The van der Waals surface area contributed by atoms with Gasteiger partial charge in [-0.2, -0.15) is 0 Å². The molecule has 104 valence electrons. The molecule has 0 aromatic rings. The van der Waals surface area contributed by atoms with Gasteiger partial charge in [0.1, 0.15) is 0 Å². The summed E-state index contributed by atoms with van der Waals surface area (Å²) in [6.45, 7) is 1.94. The molecule has 17 heavy (non-hydrogen) atoms. The van der Waals surface area contributed by atoms with Gasteiger partial charge < -0.3 is 24.4 Å². The van der Waals surface area contributed by atoms with Gasteiger partial charge in [0.15, 0.2) is 0 Å². The Hall–Kier alpha value is -0.200. The number of hydrogen-bond donors (Lipinski definition) is 2. The van der Waals surface area contributed by atoms with E-state index in [-0.39, 0.29) is 0 Å². The summed E-state index contributed by atoms with van der Waals surface area (Å²) in [4.78, 5) is 0. The lowest BCUT2D eigenvalue weighted by Crippen LogP contribution is -2.18. The zero-order valence-corrected chi connectivity index (χ0v) is 10.9. The summed E-state index contributed by atoms with van der Waals surface area (Å²) in [5.74, 6) is 0. The van der Waals surface area contributed by atoms with Crippen LogP contribution in [0.2, 0.25) is 0 Å². The van der Waals surface area contributed by atoms with E-state index in [1.165, 1.54) is 0 Å². The molecule has 0 saturated carbocycles. The Balaban J connectivity index is 3.21. The van der Waals surface area contributed by atoms with Crippen molar-refractivity contribution in [3.63, 3.8) is 0 Å². The first-order valence-electron chi connectivity index (χ1n) is 6.12. The molecule has 0 aliphatic rings. The van der Waals surface area contributed by atoms with Crippen LogP contribution >= 0.6 is 0 Å². The minimum atomic E-state index is -0.422. The fourth-order valence-electron chi connectivity index (χ4n) is 1.46. The van der Waals surface area contributed by atoms with Crippen LogP contribution in [0.3, 0.4) is 0 Å². The van der Waals surface area contributed by atoms with Crippen LogP contribution in [0.1, 0.15) is 25.7 Å². The van der Waals surface area contributed by atoms with E-state index in [1.54, 1.807) is 14.2 Å². The summed E-state index contributed by atoms with van der Waals surface area (Å²) in [7, 11) is 3.21. The van der Waals surface area contributed by atoms with Crippen molar-refractivity contribution < 1.29 is 24.4 Å². The number of methoxy groups -OCH3 is 2. The molecule has 0 heterocycles. The van der Waals surface area contributed by atoms with Crippen LogP contribution in [0, 0.1) is 0 Å². The number of rotatable bonds is 12. The third-order valence-electron chi connectivity index (χ3n) is 2.38. The standard InChI is InChI=1S/C12H26O5/c1-15-7-3-5-12(14)10-17-8-4-6-11(13)9-16-2/h11-14H,3-10H2,1-2H3. The topological polar surface area (TPSA) is 68.2 Å². The molecule has 0 aromatic heterocycles. The van der Waals surface area contributed by atoms with Gasteiger partial charge in [-0.3, -0.25) is 0 Å². The molecule has 2 N–H and O–H groups in total. The smallest absolute Gasteiger partial charge is 0.0774 e.